The zero-order chi connectivity index (χ0) is 34.0. The van der Waals surface area contributed by atoms with Gasteiger partial charge >= 0.3 is 0 Å². The van der Waals surface area contributed by atoms with Gasteiger partial charge in [0, 0.05) is 16.9 Å². The third-order valence-electron chi connectivity index (χ3n) is 9.85. The molecule has 0 radical (unpaired) electrons. The minimum absolute atomic E-state index is 1.10. The molecule has 0 unspecified atom stereocenters. The van der Waals surface area contributed by atoms with Gasteiger partial charge in [0.05, 0.1) is 5.69 Å². The average Bonchev–Trinajstić information content (AvgIpc) is 3.22. The van der Waals surface area contributed by atoms with Gasteiger partial charge in [-0.15, -0.1) is 0 Å². The lowest BCUT2D eigenvalue weighted by molar-refractivity contribution is 1.28. The Morgan fingerprint density at radius 1 is 0.255 bits per heavy atom. The lowest BCUT2D eigenvalue weighted by Crippen LogP contribution is -2.11. The van der Waals surface area contributed by atoms with Crippen molar-refractivity contribution in [3.63, 3.8) is 0 Å². The Balaban J connectivity index is 1.28. The van der Waals surface area contributed by atoms with E-state index < -0.39 is 0 Å². The maximum Gasteiger partial charge on any atom is 0.0546 e. The van der Waals surface area contributed by atoms with Crippen LogP contribution in [0.2, 0.25) is 0 Å². The predicted octanol–water partition coefficient (Wildman–Crippen LogP) is 14.1. The van der Waals surface area contributed by atoms with Gasteiger partial charge in [-0.3, -0.25) is 0 Å². The van der Waals surface area contributed by atoms with Crippen molar-refractivity contribution in [3.8, 4) is 44.5 Å². The van der Waals surface area contributed by atoms with Gasteiger partial charge in [-0.25, -0.2) is 0 Å². The molecule has 51 heavy (non-hydrogen) atoms. The summed E-state index contributed by atoms with van der Waals surface area (Å²) in [5.74, 6) is 0. The van der Waals surface area contributed by atoms with Crippen LogP contribution in [0.4, 0.5) is 17.1 Å². The quantitative estimate of drug-likeness (QED) is 0.166. The number of fused-ring (bicyclic) bond motifs is 2. The summed E-state index contributed by atoms with van der Waals surface area (Å²) in [5, 5.41) is 4.93. The van der Waals surface area contributed by atoms with Gasteiger partial charge in [-0.2, -0.15) is 0 Å². The highest BCUT2D eigenvalue weighted by Crippen LogP contribution is 2.46. The summed E-state index contributed by atoms with van der Waals surface area (Å²) >= 11 is 0. The molecule has 0 spiro atoms. The predicted molar refractivity (Wildman–Crippen MR) is 218 cm³/mol. The molecule has 9 aromatic carbocycles. The molecule has 0 saturated heterocycles. The fourth-order valence-electron chi connectivity index (χ4n) is 7.27. The molecule has 0 N–H and O–H groups in total. The van der Waals surface area contributed by atoms with Crippen molar-refractivity contribution in [2.45, 2.75) is 0 Å². The van der Waals surface area contributed by atoms with Crippen molar-refractivity contribution in [1.82, 2.24) is 0 Å². The van der Waals surface area contributed by atoms with Gasteiger partial charge in [0.15, 0.2) is 0 Å². The fraction of sp³-hybridized carbons (Fsp3) is 0. The largest absolute Gasteiger partial charge is 0.310 e. The lowest BCUT2D eigenvalue weighted by atomic mass is 9.90. The SMILES string of the molecule is c1ccc(-c2ccc(N(c3ccc(-c4ccccc4)cc3)c3cccc(-c4ccc5ccccc5c4)c3-c3ccc4ccccc4c3)cc2)cc1. The summed E-state index contributed by atoms with van der Waals surface area (Å²) in [5.41, 5.74) is 12.9. The van der Waals surface area contributed by atoms with Gasteiger partial charge in [-0.1, -0.05) is 170 Å². The second kappa shape index (κ2) is 13.3. The molecular formula is C50H35N. The van der Waals surface area contributed by atoms with Crippen LogP contribution >= 0.6 is 0 Å². The smallest absolute Gasteiger partial charge is 0.0546 e. The van der Waals surface area contributed by atoms with Crippen LogP contribution in [0.25, 0.3) is 66.1 Å². The minimum atomic E-state index is 1.10. The number of hydrogen-bond acceptors (Lipinski definition) is 1. The van der Waals surface area contributed by atoms with E-state index in [9.17, 15) is 0 Å². The number of nitrogens with zero attached hydrogens (tertiary/aromatic N) is 1. The first-order valence-corrected chi connectivity index (χ1v) is 17.5. The molecule has 0 atom stereocenters. The topological polar surface area (TPSA) is 3.24 Å². The maximum absolute atomic E-state index is 2.42. The monoisotopic (exact) mass is 649 g/mol. The summed E-state index contributed by atoms with van der Waals surface area (Å²) in [6.07, 6.45) is 0. The van der Waals surface area contributed by atoms with Crippen molar-refractivity contribution in [2.75, 3.05) is 4.90 Å². The van der Waals surface area contributed by atoms with Crippen LogP contribution in [0, 0.1) is 0 Å². The first kappa shape index (κ1) is 30.4. The van der Waals surface area contributed by atoms with Crippen molar-refractivity contribution in [3.05, 3.63) is 212 Å². The van der Waals surface area contributed by atoms with Gasteiger partial charge in [-0.05, 0) is 103 Å². The normalized spacial score (nSPS) is 11.1. The molecule has 9 rings (SSSR count). The molecule has 0 saturated carbocycles. The Bertz CT molecular complexity index is 2520. The van der Waals surface area contributed by atoms with Gasteiger partial charge in [0.2, 0.25) is 0 Å². The summed E-state index contributed by atoms with van der Waals surface area (Å²) in [6.45, 7) is 0. The molecule has 1 nitrogen and oxygen atoms in total. The lowest BCUT2D eigenvalue weighted by Gasteiger charge is -2.29. The van der Waals surface area contributed by atoms with Gasteiger partial charge in [0.1, 0.15) is 0 Å². The molecule has 1 heteroatoms. The standard InChI is InChI=1S/C50H35N/c1-3-12-36(13-4-1)40-26-30-46(31-27-40)51(47-32-28-41(29-33-47)37-14-5-2-6-15-37)49-21-11-20-48(44-24-22-38-16-7-9-18-42(38)34-44)50(49)45-25-23-39-17-8-10-19-43(39)35-45/h1-35H. The zero-order valence-corrected chi connectivity index (χ0v) is 28.2. The molecule has 9 aromatic rings. The highest BCUT2D eigenvalue weighted by Gasteiger charge is 2.21. The molecule has 0 amide bonds. The molecular weight excluding hydrogens is 615 g/mol. The maximum atomic E-state index is 2.42. The van der Waals surface area contributed by atoms with E-state index in [1.54, 1.807) is 0 Å². The second-order valence-corrected chi connectivity index (χ2v) is 13.0. The van der Waals surface area contributed by atoms with E-state index in [1.807, 2.05) is 0 Å². The van der Waals surface area contributed by atoms with Crippen LogP contribution in [0.15, 0.2) is 212 Å². The van der Waals surface area contributed by atoms with E-state index in [4.69, 9.17) is 0 Å². The highest BCUT2D eigenvalue weighted by atomic mass is 15.1. The Labute approximate surface area is 299 Å². The van der Waals surface area contributed by atoms with Crippen LogP contribution in [-0.4, -0.2) is 0 Å². The molecule has 0 bridgehead atoms. The van der Waals surface area contributed by atoms with Gasteiger partial charge in [0.25, 0.3) is 0 Å². The number of benzene rings is 9. The molecule has 0 aliphatic heterocycles. The first-order valence-electron chi connectivity index (χ1n) is 17.5. The van der Waals surface area contributed by atoms with Crippen molar-refractivity contribution >= 4 is 38.6 Å². The van der Waals surface area contributed by atoms with Crippen molar-refractivity contribution < 1.29 is 0 Å². The molecule has 0 heterocycles. The van der Waals surface area contributed by atoms with Crippen LogP contribution in [-0.2, 0) is 0 Å². The third kappa shape index (κ3) is 5.96. The van der Waals surface area contributed by atoms with Crippen LogP contribution in [0.5, 0.6) is 0 Å². The van der Waals surface area contributed by atoms with Crippen molar-refractivity contribution in [1.29, 1.82) is 0 Å². The summed E-state index contributed by atoms with van der Waals surface area (Å²) in [7, 11) is 0. The molecule has 240 valence electrons. The number of anilines is 3. The fourth-order valence-corrected chi connectivity index (χ4v) is 7.27. The Hall–Kier alpha value is -6.70. The van der Waals surface area contributed by atoms with Crippen molar-refractivity contribution in [2.24, 2.45) is 0 Å². The highest BCUT2D eigenvalue weighted by molar-refractivity contribution is 6.01. The van der Waals surface area contributed by atoms with Gasteiger partial charge < -0.3 is 4.90 Å². The van der Waals surface area contributed by atoms with E-state index >= 15 is 0 Å². The summed E-state index contributed by atoms with van der Waals surface area (Å²) in [4.78, 5) is 2.42. The number of rotatable bonds is 7. The Kier molecular flexibility index (Phi) is 7.92. The summed E-state index contributed by atoms with van der Waals surface area (Å²) < 4.78 is 0. The molecule has 0 aromatic heterocycles. The molecule has 0 aliphatic carbocycles. The molecule has 0 fully saturated rings. The van der Waals surface area contributed by atoms with E-state index in [0.717, 1.165) is 17.1 Å². The average molecular weight is 650 g/mol. The van der Waals surface area contributed by atoms with E-state index in [1.165, 1.54) is 66.1 Å². The Morgan fingerprint density at radius 3 is 1.20 bits per heavy atom. The molecule has 0 aliphatic rings. The first-order chi connectivity index (χ1) is 25.3. The van der Waals surface area contributed by atoms with Crippen LogP contribution in [0.1, 0.15) is 0 Å². The second-order valence-electron chi connectivity index (χ2n) is 13.0. The van der Waals surface area contributed by atoms with Crippen LogP contribution in [0.3, 0.4) is 0 Å². The van der Waals surface area contributed by atoms with E-state index in [-0.39, 0.29) is 0 Å². The third-order valence-corrected chi connectivity index (χ3v) is 9.85. The van der Waals surface area contributed by atoms with E-state index in [2.05, 4.69) is 217 Å². The summed E-state index contributed by atoms with van der Waals surface area (Å²) in [6, 6.07) is 76.8. The van der Waals surface area contributed by atoms with Crippen LogP contribution < -0.4 is 4.90 Å². The zero-order valence-electron chi connectivity index (χ0n) is 28.2. The minimum Gasteiger partial charge on any atom is -0.310 e. The Morgan fingerprint density at radius 2 is 0.667 bits per heavy atom. The van der Waals surface area contributed by atoms with E-state index in [0.29, 0.717) is 0 Å². The number of hydrogen-bond donors (Lipinski definition) is 0.